The molecule has 0 heterocycles. The minimum atomic E-state index is -4.70. The van der Waals surface area contributed by atoms with E-state index >= 15 is 0 Å². The summed E-state index contributed by atoms with van der Waals surface area (Å²) in [7, 11) is 0. The van der Waals surface area contributed by atoms with Crippen LogP contribution in [0.3, 0.4) is 0 Å². The van der Waals surface area contributed by atoms with E-state index in [4.69, 9.17) is 4.74 Å². The fraction of sp³-hybridized carbons (Fsp3) is 0.133. The first-order valence-electron chi connectivity index (χ1n) is 6.33. The van der Waals surface area contributed by atoms with Crippen LogP contribution in [0.1, 0.15) is 22.8 Å². The molecule has 0 saturated carbocycles. The number of ketones is 1. The highest BCUT2D eigenvalue weighted by Crippen LogP contribution is 2.37. The molecular formula is C15H10F3NO4. The number of halogens is 3. The van der Waals surface area contributed by atoms with Gasteiger partial charge in [0.2, 0.25) is 5.75 Å². The zero-order valence-electron chi connectivity index (χ0n) is 11.8. The number of hydrogen-bond donors (Lipinski definition) is 0. The van der Waals surface area contributed by atoms with Gasteiger partial charge in [0, 0.05) is 11.6 Å². The number of nitro groups is 1. The number of nitrogens with zero attached hydrogens (tertiary/aromatic N) is 1. The van der Waals surface area contributed by atoms with Crippen molar-refractivity contribution in [3.63, 3.8) is 0 Å². The third kappa shape index (κ3) is 3.85. The third-order valence-electron chi connectivity index (χ3n) is 2.95. The molecule has 23 heavy (non-hydrogen) atoms. The van der Waals surface area contributed by atoms with Gasteiger partial charge in [-0.15, -0.1) is 0 Å². The maximum Gasteiger partial charge on any atom is 0.416 e. The monoisotopic (exact) mass is 325 g/mol. The fourth-order valence-electron chi connectivity index (χ4n) is 1.83. The zero-order valence-corrected chi connectivity index (χ0v) is 11.8. The zero-order chi connectivity index (χ0) is 17.2. The average molecular weight is 325 g/mol. The lowest BCUT2D eigenvalue weighted by Crippen LogP contribution is -2.06. The molecule has 0 unspecified atom stereocenters. The van der Waals surface area contributed by atoms with E-state index in [0.29, 0.717) is 17.7 Å². The van der Waals surface area contributed by atoms with Crippen molar-refractivity contribution in [1.82, 2.24) is 0 Å². The van der Waals surface area contributed by atoms with Crippen molar-refractivity contribution in [2.24, 2.45) is 0 Å². The standard InChI is InChI=1S/C15H10F3NO4/c1-9(20)10-3-2-4-12(7-10)23-14-6-5-11(15(16,17)18)8-13(14)19(21)22/h2-8H,1H3. The van der Waals surface area contributed by atoms with Gasteiger partial charge in [0.1, 0.15) is 5.75 Å². The Balaban J connectivity index is 2.42. The van der Waals surface area contributed by atoms with Crippen LogP contribution in [-0.2, 0) is 6.18 Å². The summed E-state index contributed by atoms with van der Waals surface area (Å²) in [6.45, 7) is 1.33. The summed E-state index contributed by atoms with van der Waals surface area (Å²) in [6.07, 6.45) is -4.70. The fourth-order valence-corrected chi connectivity index (χ4v) is 1.83. The first-order valence-corrected chi connectivity index (χ1v) is 6.33. The summed E-state index contributed by atoms with van der Waals surface area (Å²) in [5.41, 5.74) is -1.64. The van der Waals surface area contributed by atoms with E-state index in [9.17, 15) is 28.1 Å². The molecule has 2 aromatic rings. The largest absolute Gasteiger partial charge is 0.450 e. The SMILES string of the molecule is CC(=O)c1cccc(Oc2ccc(C(F)(F)F)cc2[N+](=O)[O-])c1. The Bertz CT molecular complexity index is 772. The Kier molecular flexibility index (Phi) is 4.35. The van der Waals surface area contributed by atoms with Crippen LogP contribution in [0.15, 0.2) is 42.5 Å². The highest BCUT2D eigenvalue weighted by molar-refractivity contribution is 5.94. The van der Waals surface area contributed by atoms with Crippen LogP contribution >= 0.6 is 0 Å². The van der Waals surface area contributed by atoms with Crippen molar-refractivity contribution in [3.8, 4) is 11.5 Å². The van der Waals surface area contributed by atoms with Crippen molar-refractivity contribution >= 4 is 11.5 Å². The lowest BCUT2D eigenvalue weighted by Gasteiger charge is -2.10. The normalized spacial score (nSPS) is 11.1. The van der Waals surface area contributed by atoms with E-state index in [-0.39, 0.29) is 17.3 Å². The minimum absolute atomic E-state index is 0.112. The second-order valence-electron chi connectivity index (χ2n) is 4.62. The number of rotatable bonds is 4. The van der Waals surface area contributed by atoms with Gasteiger partial charge < -0.3 is 4.74 Å². The number of Topliss-reactive ketones (excluding diaryl/α,β-unsaturated/α-hetero) is 1. The van der Waals surface area contributed by atoms with Gasteiger partial charge in [0.05, 0.1) is 10.5 Å². The molecule has 2 aromatic carbocycles. The molecule has 0 amide bonds. The van der Waals surface area contributed by atoms with E-state index in [1.807, 2.05) is 0 Å². The van der Waals surface area contributed by atoms with Crippen LogP contribution in [0.25, 0.3) is 0 Å². The molecule has 0 saturated heterocycles. The predicted octanol–water partition coefficient (Wildman–Crippen LogP) is 4.61. The summed E-state index contributed by atoms with van der Waals surface area (Å²) >= 11 is 0. The Morgan fingerprint density at radius 2 is 1.87 bits per heavy atom. The van der Waals surface area contributed by atoms with Gasteiger partial charge in [0.25, 0.3) is 0 Å². The van der Waals surface area contributed by atoms with Crippen LogP contribution < -0.4 is 4.74 Å². The molecule has 0 atom stereocenters. The second-order valence-corrected chi connectivity index (χ2v) is 4.62. The minimum Gasteiger partial charge on any atom is -0.450 e. The molecule has 0 radical (unpaired) electrons. The maximum atomic E-state index is 12.6. The highest BCUT2D eigenvalue weighted by Gasteiger charge is 2.33. The molecule has 0 fully saturated rings. The van der Waals surface area contributed by atoms with E-state index in [1.165, 1.54) is 31.2 Å². The van der Waals surface area contributed by atoms with Gasteiger partial charge in [0.15, 0.2) is 5.78 Å². The van der Waals surface area contributed by atoms with Crippen molar-refractivity contribution in [2.45, 2.75) is 13.1 Å². The number of ether oxygens (including phenoxy) is 1. The first-order chi connectivity index (χ1) is 10.7. The third-order valence-corrected chi connectivity index (χ3v) is 2.95. The number of alkyl halides is 3. The molecule has 0 bridgehead atoms. The summed E-state index contributed by atoms with van der Waals surface area (Å²) in [4.78, 5) is 21.3. The smallest absolute Gasteiger partial charge is 0.416 e. The average Bonchev–Trinajstić information content (AvgIpc) is 2.46. The van der Waals surface area contributed by atoms with E-state index in [2.05, 4.69) is 0 Å². The molecule has 0 aromatic heterocycles. The van der Waals surface area contributed by atoms with Gasteiger partial charge in [-0.05, 0) is 31.2 Å². The van der Waals surface area contributed by atoms with Gasteiger partial charge in [-0.3, -0.25) is 14.9 Å². The van der Waals surface area contributed by atoms with Crippen LogP contribution in [0.5, 0.6) is 11.5 Å². The molecule has 0 N–H and O–H groups in total. The van der Waals surface area contributed by atoms with Crippen molar-refractivity contribution < 1.29 is 27.6 Å². The van der Waals surface area contributed by atoms with Gasteiger partial charge in [-0.25, -0.2) is 0 Å². The molecular weight excluding hydrogens is 315 g/mol. The molecule has 0 aliphatic heterocycles. The Labute approximate surface area is 128 Å². The Hall–Kier alpha value is -2.90. The summed E-state index contributed by atoms with van der Waals surface area (Å²) in [5, 5.41) is 11.0. The lowest BCUT2D eigenvalue weighted by atomic mass is 10.1. The molecule has 0 spiro atoms. The summed E-state index contributed by atoms with van der Waals surface area (Å²) in [5.74, 6) is -0.471. The quantitative estimate of drug-likeness (QED) is 0.468. The number of carbonyl (C=O) groups is 1. The van der Waals surface area contributed by atoms with Crippen molar-refractivity contribution in [1.29, 1.82) is 0 Å². The second kappa shape index (κ2) is 6.07. The molecule has 120 valence electrons. The van der Waals surface area contributed by atoms with E-state index in [0.717, 1.165) is 6.07 Å². The molecule has 5 nitrogen and oxygen atoms in total. The number of hydrogen-bond acceptors (Lipinski definition) is 4. The molecule has 0 aliphatic rings. The highest BCUT2D eigenvalue weighted by atomic mass is 19.4. The summed E-state index contributed by atoms with van der Waals surface area (Å²) in [6, 6.07) is 7.79. The predicted molar refractivity (Wildman–Crippen MR) is 74.6 cm³/mol. The van der Waals surface area contributed by atoms with Crippen LogP contribution in [0, 0.1) is 10.1 Å². The van der Waals surface area contributed by atoms with Gasteiger partial charge in [-0.2, -0.15) is 13.2 Å². The van der Waals surface area contributed by atoms with Crippen molar-refractivity contribution in [2.75, 3.05) is 0 Å². The number of nitro benzene ring substituents is 1. The Morgan fingerprint density at radius 1 is 1.17 bits per heavy atom. The lowest BCUT2D eigenvalue weighted by molar-refractivity contribution is -0.385. The van der Waals surface area contributed by atoms with E-state index < -0.39 is 22.4 Å². The topological polar surface area (TPSA) is 69.4 Å². The molecule has 2 rings (SSSR count). The number of carbonyl (C=O) groups excluding carboxylic acids is 1. The summed E-state index contributed by atoms with van der Waals surface area (Å²) < 4.78 is 43.2. The van der Waals surface area contributed by atoms with Crippen LogP contribution in [0.2, 0.25) is 0 Å². The van der Waals surface area contributed by atoms with Gasteiger partial charge in [-0.1, -0.05) is 12.1 Å². The first kappa shape index (κ1) is 16.5. The Morgan fingerprint density at radius 3 is 2.43 bits per heavy atom. The van der Waals surface area contributed by atoms with Crippen molar-refractivity contribution in [3.05, 3.63) is 63.7 Å². The molecule has 8 heteroatoms. The number of benzene rings is 2. The maximum absolute atomic E-state index is 12.6. The van der Waals surface area contributed by atoms with Crippen LogP contribution in [-0.4, -0.2) is 10.7 Å². The molecule has 0 aliphatic carbocycles. The van der Waals surface area contributed by atoms with Crippen LogP contribution in [0.4, 0.5) is 18.9 Å². The van der Waals surface area contributed by atoms with Gasteiger partial charge >= 0.3 is 11.9 Å². The van der Waals surface area contributed by atoms with E-state index in [1.54, 1.807) is 0 Å².